The van der Waals surface area contributed by atoms with Crippen molar-refractivity contribution in [1.82, 2.24) is 29.8 Å². The zero-order valence-electron chi connectivity index (χ0n) is 21.9. The van der Waals surface area contributed by atoms with E-state index in [1.807, 2.05) is 43.7 Å². The van der Waals surface area contributed by atoms with Gasteiger partial charge >= 0.3 is 0 Å². The molecule has 1 N–H and O–H groups in total. The van der Waals surface area contributed by atoms with Crippen LogP contribution in [0.25, 0.3) is 22.2 Å². The Labute approximate surface area is 222 Å². The number of nitrogens with zero attached hydrogens (tertiary/aromatic N) is 8. The maximum Gasteiger partial charge on any atom is 0.222 e. The molecule has 3 aromatic heterocycles. The monoisotopic (exact) mass is 511 g/mol. The van der Waals surface area contributed by atoms with Crippen molar-refractivity contribution in [3.63, 3.8) is 0 Å². The number of anilines is 3. The summed E-state index contributed by atoms with van der Waals surface area (Å²) in [6.07, 6.45) is 10.5. The highest BCUT2D eigenvalue weighted by Gasteiger charge is 2.16. The molecule has 0 spiro atoms. The smallest absolute Gasteiger partial charge is 0.222 e. The number of hydrogen-bond acceptors (Lipinski definition) is 10. The van der Waals surface area contributed by atoms with Gasteiger partial charge in [-0.05, 0) is 38.1 Å². The maximum atomic E-state index is 10.6. The van der Waals surface area contributed by atoms with Crippen LogP contribution in [0.2, 0.25) is 0 Å². The third-order valence-electron chi connectivity index (χ3n) is 6.89. The van der Waals surface area contributed by atoms with Crippen LogP contribution in [0.1, 0.15) is 23.2 Å². The predicted molar refractivity (Wildman–Crippen MR) is 151 cm³/mol. The minimum absolute atomic E-state index is 0.617. The van der Waals surface area contributed by atoms with Crippen LogP contribution in [0.4, 0.5) is 17.6 Å². The summed E-state index contributed by atoms with van der Waals surface area (Å²) in [6.45, 7) is 6.18. The van der Waals surface area contributed by atoms with Gasteiger partial charge < -0.3 is 20.0 Å². The summed E-state index contributed by atoms with van der Waals surface area (Å²) in [5.41, 5.74) is 3.49. The van der Waals surface area contributed by atoms with E-state index >= 15 is 0 Å². The molecule has 0 amide bonds. The minimum Gasteiger partial charge on any atom is -0.357 e. The molecule has 38 heavy (non-hydrogen) atoms. The molecule has 2 aliphatic heterocycles. The van der Waals surface area contributed by atoms with Gasteiger partial charge in [-0.1, -0.05) is 12.1 Å². The molecule has 0 unspecified atom stereocenters. The SMILES string of the molecule is CN1CCN(c2cc(C=O)ccn2)CC1.CNc1ncc2ccc(-c3cncc(N4CCCC4)n3)cc2n1. The molecule has 2 fully saturated rings. The van der Waals surface area contributed by atoms with Gasteiger partial charge in [0.1, 0.15) is 17.9 Å². The van der Waals surface area contributed by atoms with Gasteiger partial charge in [-0.3, -0.25) is 9.78 Å². The normalized spacial score (nSPS) is 15.7. The molecular formula is C28H33N9O. The summed E-state index contributed by atoms with van der Waals surface area (Å²) in [5.74, 6) is 2.48. The fourth-order valence-corrected chi connectivity index (χ4v) is 4.61. The number of piperazine rings is 1. The molecule has 0 atom stereocenters. The van der Waals surface area contributed by atoms with Crippen LogP contribution in [-0.2, 0) is 0 Å². The van der Waals surface area contributed by atoms with E-state index in [1.54, 1.807) is 18.5 Å². The molecule has 4 aromatic rings. The molecule has 2 saturated heterocycles. The molecule has 0 bridgehead atoms. The maximum absolute atomic E-state index is 10.6. The second-order valence-electron chi connectivity index (χ2n) is 9.53. The number of carbonyl (C=O) groups excluding carboxylic acids is 1. The number of pyridine rings is 1. The molecule has 196 valence electrons. The lowest BCUT2D eigenvalue weighted by Crippen LogP contribution is -2.44. The number of likely N-dealkylation sites (N-methyl/N-ethyl adjacent to an activating group) is 1. The van der Waals surface area contributed by atoms with Crippen LogP contribution in [0.5, 0.6) is 0 Å². The molecule has 10 heteroatoms. The lowest BCUT2D eigenvalue weighted by molar-refractivity contribution is 0.112. The van der Waals surface area contributed by atoms with Crippen molar-refractivity contribution in [3.05, 3.63) is 60.7 Å². The largest absolute Gasteiger partial charge is 0.357 e. The van der Waals surface area contributed by atoms with E-state index < -0.39 is 0 Å². The van der Waals surface area contributed by atoms with Gasteiger partial charge in [0.2, 0.25) is 5.95 Å². The fourth-order valence-electron chi connectivity index (χ4n) is 4.61. The number of carbonyl (C=O) groups is 1. The Morgan fingerprint density at radius 3 is 2.39 bits per heavy atom. The van der Waals surface area contributed by atoms with E-state index in [4.69, 9.17) is 4.98 Å². The molecule has 1 aromatic carbocycles. The van der Waals surface area contributed by atoms with Crippen molar-refractivity contribution in [2.24, 2.45) is 0 Å². The molecule has 0 saturated carbocycles. The molecule has 0 aliphatic carbocycles. The van der Waals surface area contributed by atoms with Crippen molar-refractivity contribution in [3.8, 4) is 11.3 Å². The van der Waals surface area contributed by atoms with E-state index in [1.165, 1.54) is 12.8 Å². The molecule has 2 aliphatic rings. The average Bonchev–Trinajstić information content (AvgIpc) is 3.53. The van der Waals surface area contributed by atoms with Gasteiger partial charge in [0.15, 0.2) is 0 Å². The summed E-state index contributed by atoms with van der Waals surface area (Å²) in [4.78, 5) is 39.6. The number of aldehydes is 1. The number of hydrogen-bond donors (Lipinski definition) is 1. The highest BCUT2D eigenvalue weighted by molar-refractivity contribution is 5.83. The van der Waals surface area contributed by atoms with E-state index in [2.05, 4.69) is 47.0 Å². The Bertz CT molecular complexity index is 1380. The first kappa shape index (κ1) is 25.5. The predicted octanol–water partition coefficient (Wildman–Crippen LogP) is 3.37. The van der Waals surface area contributed by atoms with Crippen LogP contribution < -0.4 is 15.1 Å². The van der Waals surface area contributed by atoms with Crippen molar-refractivity contribution in [1.29, 1.82) is 0 Å². The van der Waals surface area contributed by atoms with E-state index in [-0.39, 0.29) is 0 Å². The standard InChI is InChI=1S/C17H18N6.C11H15N3O/c1-18-17-20-9-13-5-4-12(8-14(13)22-17)15-10-19-11-16(21-15)23-6-2-3-7-23;1-13-4-6-14(7-5-13)11-8-10(9-15)2-3-12-11/h4-5,8-11H,2-3,6-7H2,1H3,(H,18,20,22);2-3,8-9H,4-7H2,1H3. The van der Waals surface area contributed by atoms with Gasteiger partial charge in [-0.25, -0.2) is 19.9 Å². The average molecular weight is 512 g/mol. The Kier molecular flexibility index (Phi) is 7.98. The van der Waals surface area contributed by atoms with Gasteiger partial charge in [0.25, 0.3) is 0 Å². The number of benzene rings is 1. The molecule has 10 nitrogen and oxygen atoms in total. The van der Waals surface area contributed by atoms with Crippen LogP contribution in [0.15, 0.2) is 55.1 Å². The Hall–Kier alpha value is -4.18. The lowest BCUT2D eigenvalue weighted by Gasteiger charge is -2.33. The van der Waals surface area contributed by atoms with Crippen molar-refractivity contribution in [2.45, 2.75) is 12.8 Å². The van der Waals surface area contributed by atoms with Crippen LogP contribution in [-0.4, -0.2) is 89.5 Å². The van der Waals surface area contributed by atoms with Gasteiger partial charge in [-0.2, -0.15) is 0 Å². The van der Waals surface area contributed by atoms with Gasteiger partial charge in [-0.15, -0.1) is 0 Å². The zero-order valence-corrected chi connectivity index (χ0v) is 21.9. The highest BCUT2D eigenvalue weighted by atomic mass is 16.1. The fraction of sp³-hybridized carbons (Fsp3) is 0.357. The molecule has 0 radical (unpaired) electrons. The van der Waals surface area contributed by atoms with Crippen molar-refractivity contribution < 1.29 is 4.79 Å². The third-order valence-corrected chi connectivity index (χ3v) is 6.89. The summed E-state index contributed by atoms with van der Waals surface area (Å²) >= 11 is 0. The highest BCUT2D eigenvalue weighted by Crippen LogP contribution is 2.25. The lowest BCUT2D eigenvalue weighted by atomic mass is 10.1. The van der Waals surface area contributed by atoms with Crippen LogP contribution in [0.3, 0.4) is 0 Å². The van der Waals surface area contributed by atoms with E-state index in [0.717, 1.165) is 79.4 Å². The first-order chi connectivity index (χ1) is 18.6. The van der Waals surface area contributed by atoms with Gasteiger partial charge in [0, 0.05) is 75.2 Å². The Morgan fingerprint density at radius 2 is 1.63 bits per heavy atom. The number of rotatable bonds is 5. The second-order valence-corrected chi connectivity index (χ2v) is 9.53. The summed E-state index contributed by atoms with van der Waals surface area (Å²) < 4.78 is 0. The van der Waals surface area contributed by atoms with Crippen molar-refractivity contribution in [2.75, 3.05) is 68.5 Å². The third kappa shape index (κ3) is 6.03. The molecule has 6 rings (SSSR count). The van der Waals surface area contributed by atoms with Crippen molar-refractivity contribution >= 4 is 34.8 Å². The first-order valence-corrected chi connectivity index (χ1v) is 13.0. The summed E-state index contributed by atoms with van der Waals surface area (Å²) in [5, 5.41) is 3.98. The topological polar surface area (TPSA) is 103 Å². The van der Waals surface area contributed by atoms with E-state index in [0.29, 0.717) is 11.5 Å². The zero-order chi connectivity index (χ0) is 26.3. The molecule has 5 heterocycles. The number of nitrogens with one attached hydrogen (secondary N) is 1. The van der Waals surface area contributed by atoms with E-state index in [9.17, 15) is 4.79 Å². The van der Waals surface area contributed by atoms with Crippen LogP contribution in [0, 0.1) is 0 Å². The first-order valence-electron chi connectivity index (χ1n) is 13.0. The van der Waals surface area contributed by atoms with Crippen LogP contribution >= 0.6 is 0 Å². The number of aromatic nitrogens is 5. The Balaban J connectivity index is 0.000000170. The second kappa shape index (κ2) is 11.9. The minimum atomic E-state index is 0.617. The summed E-state index contributed by atoms with van der Waals surface area (Å²) in [6, 6.07) is 9.68. The van der Waals surface area contributed by atoms with Gasteiger partial charge in [0.05, 0.1) is 23.6 Å². The quantitative estimate of drug-likeness (QED) is 0.401. The Morgan fingerprint density at radius 1 is 0.842 bits per heavy atom. The molecular weight excluding hydrogens is 478 g/mol. The summed E-state index contributed by atoms with van der Waals surface area (Å²) in [7, 11) is 3.93. The number of fused-ring (bicyclic) bond motifs is 1.